The molecule has 1 aromatic heterocycles. The zero-order chi connectivity index (χ0) is 21.1. The van der Waals surface area contributed by atoms with Crippen LogP contribution in [-0.2, 0) is 4.79 Å². The molecule has 4 rings (SSSR count). The number of rotatable bonds is 5. The molecule has 160 valence electrons. The Labute approximate surface area is 178 Å². The number of carbonyl (C=O) groups is 2. The summed E-state index contributed by atoms with van der Waals surface area (Å²) in [6.07, 6.45) is 4.29. The summed E-state index contributed by atoms with van der Waals surface area (Å²) < 4.78 is 0. The van der Waals surface area contributed by atoms with Gasteiger partial charge < -0.3 is 15.1 Å². The van der Waals surface area contributed by atoms with Gasteiger partial charge in [-0.25, -0.2) is 4.98 Å². The number of nitrogens with zero attached hydrogens (tertiary/aromatic N) is 3. The summed E-state index contributed by atoms with van der Waals surface area (Å²) in [6.45, 7) is 7.79. The minimum absolute atomic E-state index is 0.0157. The van der Waals surface area contributed by atoms with E-state index in [1.807, 2.05) is 49.1 Å². The number of carbonyl (C=O) groups excluding carboxylic acids is 2. The Hall–Kier alpha value is -2.63. The van der Waals surface area contributed by atoms with E-state index in [2.05, 4.69) is 10.2 Å². The van der Waals surface area contributed by atoms with Gasteiger partial charge in [0.15, 0.2) is 0 Å². The van der Waals surface area contributed by atoms with Gasteiger partial charge in [-0.15, -0.1) is 0 Å². The van der Waals surface area contributed by atoms with Crippen LogP contribution in [0.15, 0.2) is 30.3 Å². The van der Waals surface area contributed by atoms with Crippen LogP contribution in [0.5, 0.6) is 0 Å². The number of hydrogen-bond acceptors (Lipinski definition) is 4. The molecular weight excluding hydrogens is 376 g/mol. The van der Waals surface area contributed by atoms with Crippen LogP contribution in [0.1, 0.15) is 49.9 Å². The highest BCUT2D eigenvalue weighted by Crippen LogP contribution is 2.29. The first kappa shape index (κ1) is 20.6. The van der Waals surface area contributed by atoms with Gasteiger partial charge in [0.25, 0.3) is 5.91 Å². The third-order valence-corrected chi connectivity index (χ3v) is 6.24. The van der Waals surface area contributed by atoms with Crippen molar-refractivity contribution in [2.75, 3.05) is 37.6 Å². The zero-order valence-corrected chi connectivity index (χ0v) is 18.1. The molecule has 2 aliphatic rings. The molecule has 30 heavy (non-hydrogen) atoms. The van der Waals surface area contributed by atoms with Gasteiger partial charge in [-0.3, -0.25) is 9.59 Å². The lowest BCUT2D eigenvalue weighted by molar-refractivity contribution is -0.124. The van der Waals surface area contributed by atoms with Crippen molar-refractivity contribution >= 4 is 28.5 Å². The highest BCUT2D eigenvalue weighted by atomic mass is 16.2. The molecular formula is C24H32N4O2. The molecule has 1 atom stereocenters. The highest BCUT2D eigenvalue weighted by molar-refractivity contribution is 6.02. The molecule has 1 N–H and O–H groups in total. The second-order valence-electron chi connectivity index (χ2n) is 8.91. The minimum atomic E-state index is -0.0157. The summed E-state index contributed by atoms with van der Waals surface area (Å²) in [6, 6.07) is 10.0. The van der Waals surface area contributed by atoms with Crippen molar-refractivity contribution in [3.8, 4) is 0 Å². The van der Waals surface area contributed by atoms with E-state index >= 15 is 0 Å². The van der Waals surface area contributed by atoms with Crippen molar-refractivity contribution in [1.82, 2.24) is 15.2 Å². The fourth-order valence-electron chi connectivity index (χ4n) is 4.47. The molecule has 2 saturated heterocycles. The average molecular weight is 409 g/mol. The number of amides is 2. The van der Waals surface area contributed by atoms with Crippen LogP contribution in [0.3, 0.4) is 0 Å². The van der Waals surface area contributed by atoms with Crippen molar-refractivity contribution in [1.29, 1.82) is 0 Å². The average Bonchev–Trinajstić information content (AvgIpc) is 3.31. The van der Waals surface area contributed by atoms with Crippen molar-refractivity contribution < 1.29 is 9.59 Å². The SMILES string of the molecule is CC(C)C(=O)NCC1CCCN(C(=O)c2cc3ccccc3nc2N2CCCC2)C1. The first-order chi connectivity index (χ1) is 14.5. The molecule has 2 fully saturated rings. The molecule has 3 heterocycles. The van der Waals surface area contributed by atoms with Crippen LogP contribution in [0.25, 0.3) is 10.9 Å². The van der Waals surface area contributed by atoms with E-state index in [1.165, 1.54) is 0 Å². The van der Waals surface area contributed by atoms with Gasteiger partial charge in [0.1, 0.15) is 5.82 Å². The van der Waals surface area contributed by atoms with Crippen molar-refractivity contribution in [2.45, 2.75) is 39.5 Å². The summed E-state index contributed by atoms with van der Waals surface area (Å²) in [7, 11) is 0. The Morgan fingerprint density at radius 1 is 1.13 bits per heavy atom. The number of fused-ring (bicyclic) bond motifs is 1. The molecule has 1 aromatic carbocycles. The number of anilines is 1. The van der Waals surface area contributed by atoms with E-state index in [-0.39, 0.29) is 17.7 Å². The molecule has 2 amide bonds. The van der Waals surface area contributed by atoms with E-state index in [0.717, 1.165) is 62.0 Å². The Kier molecular flexibility index (Phi) is 6.21. The lowest BCUT2D eigenvalue weighted by atomic mass is 9.97. The van der Waals surface area contributed by atoms with Crippen LogP contribution in [0, 0.1) is 11.8 Å². The second kappa shape index (κ2) is 9.02. The highest BCUT2D eigenvalue weighted by Gasteiger charge is 2.29. The van der Waals surface area contributed by atoms with Crippen LogP contribution < -0.4 is 10.2 Å². The minimum Gasteiger partial charge on any atom is -0.356 e. The number of benzene rings is 1. The lowest BCUT2D eigenvalue weighted by Gasteiger charge is -2.34. The molecule has 0 radical (unpaired) electrons. The van der Waals surface area contributed by atoms with Crippen LogP contribution in [0.4, 0.5) is 5.82 Å². The van der Waals surface area contributed by atoms with Crippen LogP contribution in [-0.4, -0.2) is 54.4 Å². The molecule has 2 aromatic rings. The van der Waals surface area contributed by atoms with Gasteiger partial charge >= 0.3 is 0 Å². The Morgan fingerprint density at radius 3 is 2.67 bits per heavy atom. The molecule has 0 saturated carbocycles. The Balaban J connectivity index is 1.55. The summed E-state index contributed by atoms with van der Waals surface area (Å²) in [5.41, 5.74) is 1.64. The van der Waals surface area contributed by atoms with Gasteiger partial charge in [0, 0.05) is 44.0 Å². The first-order valence-corrected chi connectivity index (χ1v) is 11.2. The summed E-state index contributed by atoms with van der Waals surface area (Å²) in [5.74, 6) is 1.25. The van der Waals surface area contributed by atoms with Gasteiger partial charge in [-0.1, -0.05) is 32.0 Å². The first-order valence-electron chi connectivity index (χ1n) is 11.2. The number of likely N-dealkylation sites (tertiary alicyclic amines) is 1. The second-order valence-corrected chi connectivity index (χ2v) is 8.91. The number of piperidine rings is 1. The normalized spacial score (nSPS) is 19.5. The molecule has 0 spiro atoms. The summed E-state index contributed by atoms with van der Waals surface area (Å²) in [4.78, 5) is 34.6. The number of hydrogen-bond donors (Lipinski definition) is 1. The van der Waals surface area contributed by atoms with Crippen molar-refractivity contribution in [2.24, 2.45) is 11.8 Å². The predicted octanol–water partition coefficient (Wildman–Crippen LogP) is 3.46. The molecule has 6 heteroatoms. The topological polar surface area (TPSA) is 65.5 Å². The number of pyridine rings is 1. The third kappa shape index (κ3) is 4.42. The van der Waals surface area contributed by atoms with Crippen molar-refractivity contribution in [3.63, 3.8) is 0 Å². The monoisotopic (exact) mass is 408 g/mol. The van der Waals surface area contributed by atoms with E-state index in [1.54, 1.807) is 0 Å². The van der Waals surface area contributed by atoms with E-state index in [4.69, 9.17) is 4.98 Å². The van der Waals surface area contributed by atoms with Crippen molar-refractivity contribution in [3.05, 3.63) is 35.9 Å². The summed E-state index contributed by atoms with van der Waals surface area (Å²) in [5, 5.41) is 4.04. The predicted molar refractivity (Wildman–Crippen MR) is 120 cm³/mol. The number of aromatic nitrogens is 1. The smallest absolute Gasteiger partial charge is 0.257 e. The maximum Gasteiger partial charge on any atom is 0.257 e. The quantitative estimate of drug-likeness (QED) is 0.823. The van der Waals surface area contributed by atoms with E-state index in [0.29, 0.717) is 24.6 Å². The maximum absolute atomic E-state index is 13.6. The van der Waals surface area contributed by atoms with Gasteiger partial charge in [-0.2, -0.15) is 0 Å². The standard InChI is InChI=1S/C24H32N4O2/c1-17(2)23(29)25-15-18-8-7-13-28(16-18)24(30)20-14-19-9-3-4-10-21(19)26-22(20)27-11-5-6-12-27/h3-4,9-10,14,17-18H,5-8,11-13,15-16H2,1-2H3,(H,25,29). The van der Waals surface area contributed by atoms with E-state index < -0.39 is 0 Å². The third-order valence-electron chi connectivity index (χ3n) is 6.24. The number of para-hydroxylation sites is 1. The van der Waals surface area contributed by atoms with E-state index in [9.17, 15) is 9.59 Å². The molecule has 0 aliphatic carbocycles. The number of nitrogens with one attached hydrogen (secondary N) is 1. The zero-order valence-electron chi connectivity index (χ0n) is 18.1. The fourth-order valence-corrected chi connectivity index (χ4v) is 4.47. The van der Waals surface area contributed by atoms with Gasteiger partial charge in [0.05, 0.1) is 11.1 Å². The van der Waals surface area contributed by atoms with Crippen LogP contribution >= 0.6 is 0 Å². The molecule has 6 nitrogen and oxygen atoms in total. The van der Waals surface area contributed by atoms with Gasteiger partial charge in [-0.05, 0) is 43.7 Å². The molecule has 2 aliphatic heterocycles. The Morgan fingerprint density at radius 2 is 1.90 bits per heavy atom. The van der Waals surface area contributed by atoms with Crippen LogP contribution in [0.2, 0.25) is 0 Å². The largest absolute Gasteiger partial charge is 0.356 e. The lowest BCUT2D eigenvalue weighted by Crippen LogP contribution is -2.44. The van der Waals surface area contributed by atoms with Gasteiger partial charge in [0.2, 0.25) is 5.91 Å². The Bertz CT molecular complexity index is 921. The fraction of sp³-hybridized carbons (Fsp3) is 0.542. The molecule has 1 unspecified atom stereocenters. The maximum atomic E-state index is 13.6. The summed E-state index contributed by atoms with van der Waals surface area (Å²) >= 11 is 0. The molecule has 0 bridgehead atoms.